The summed E-state index contributed by atoms with van der Waals surface area (Å²) in [7, 11) is 4.04. The number of nitrogens with zero attached hydrogens (tertiary/aromatic N) is 4. The second kappa shape index (κ2) is 10.9. The molecule has 2 aromatic carbocycles. The number of hydrogen-bond donors (Lipinski definition) is 0. The Balaban J connectivity index is 0.00000341. The lowest BCUT2D eigenvalue weighted by Gasteiger charge is -2.23. The number of anilines is 2. The second-order valence-corrected chi connectivity index (χ2v) is 8.91. The van der Waals surface area contributed by atoms with E-state index in [-0.39, 0.29) is 18.3 Å². The van der Waals surface area contributed by atoms with Gasteiger partial charge < -0.3 is 9.80 Å². The molecule has 0 atom stereocenters. The van der Waals surface area contributed by atoms with Gasteiger partial charge in [-0.2, -0.15) is 0 Å². The highest BCUT2D eigenvalue weighted by Crippen LogP contribution is 2.32. The van der Waals surface area contributed by atoms with Gasteiger partial charge in [-0.15, -0.1) is 12.4 Å². The maximum atomic E-state index is 13.5. The molecule has 7 heteroatoms. The van der Waals surface area contributed by atoms with Crippen LogP contribution in [0.3, 0.4) is 0 Å². The zero-order valence-corrected chi connectivity index (χ0v) is 20.9. The molecule has 0 aliphatic carbocycles. The van der Waals surface area contributed by atoms with E-state index in [9.17, 15) is 4.79 Å². The molecule has 168 valence electrons. The number of likely N-dealkylation sites (N-methyl/N-ethyl adjacent to an activating group) is 1. The normalized spacial score (nSPS) is 10.9. The smallest absolute Gasteiger partial charge is 0.260 e. The molecule has 1 amide bonds. The van der Waals surface area contributed by atoms with Gasteiger partial charge in [-0.05, 0) is 83.2 Å². The fraction of sp³-hybridized carbons (Fsp3) is 0.417. The molecule has 0 unspecified atom stereocenters. The highest BCUT2D eigenvalue weighted by Gasteiger charge is 2.22. The van der Waals surface area contributed by atoms with Crippen molar-refractivity contribution in [2.75, 3.05) is 50.1 Å². The Kier molecular flexibility index (Phi) is 8.86. The number of aromatic nitrogens is 1. The Labute approximate surface area is 196 Å². The molecule has 0 saturated carbocycles. The van der Waals surface area contributed by atoms with Gasteiger partial charge in [0.25, 0.3) is 5.91 Å². The number of hydrogen-bond acceptors (Lipinski definition) is 5. The third kappa shape index (κ3) is 5.76. The van der Waals surface area contributed by atoms with E-state index in [4.69, 9.17) is 4.98 Å². The van der Waals surface area contributed by atoms with Crippen LogP contribution in [0.5, 0.6) is 0 Å². The Bertz CT molecular complexity index is 1010. The average molecular weight is 461 g/mol. The van der Waals surface area contributed by atoms with Crippen LogP contribution in [0.1, 0.15) is 35.3 Å². The minimum Gasteiger partial charge on any atom is -0.372 e. The molecule has 5 nitrogen and oxygen atoms in total. The van der Waals surface area contributed by atoms with Gasteiger partial charge in [0.05, 0.1) is 10.2 Å². The molecule has 0 fully saturated rings. The van der Waals surface area contributed by atoms with Crippen molar-refractivity contribution >= 4 is 50.7 Å². The molecule has 3 aromatic rings. The van der Waals surface area contributed by atoms with Crippen LogP contribution in [0.4, 0.5) is 10.8 Å². The lowest BCUT2D eigenvalue weighted by molar-refractivity contribution is 0.0985. The molecule has 0 spiro atoms. The Morgan fingerprint density at radius 1 is 1.00 bits per heavy atom. The van der Waals surface area contributed by atoms with Crippen LogP contribution in [-0.4, -0.2) is 56.1 Å². The summed E-state index contributed by atoms with van der Waals surface area (Å²) in [6.07, 6.45) is 0. The van der Waals surface area contributed by atoms with Crippen molar-refractivity contribution in [3.63, 3.8) is 0 Å². The van der Waals surface area contributed by atoms with Crippen LogP contribution in [-0.2, 0) is 0 Å². The number of benzene rings is 2. The first kappa shape index (κ1) is 25.1. The van der Waals surface area contributed by atoms with Gasteiger partial charge in [-0.3, -0.25) is 9.69 Å². The topological polar surface area (TPSA) is 39.7 Å². The number of fused-ring (bicyclic) bond motifs is 1. The van der Waals surface area contributed by atoms with Crippen LogP contribution in [0.2, 0.25) is 0 Å². The lowest BCUT2D eigenvalue weighted by Crippen LogP contribution is -2.36. The number of aryl methyl sites for hydroxylation is 2. The zero-order valence-electron chi connectivity index (χ0n) is 19.3. The van der Waals surface area contributed by atoms with E-state index in [1.807, 2.05) is 43.3 Å². The predicted octanol–water partition coefficient (Wildman–Crippen LogP) is 5.39. The SMILES string of the molecule is CCN(CC)c1ccc(C(=O)N(CCN(C)C)c2nc3c(C)cc(C)cc3s2)cc1.Cl. The lowest BCUT2D eigenvalue weighted by atomic mass is 10.1. The molecule has 3 rings (SSSR count). The van der Waals surface area contributed by atoms with E-state index in [0.717, 1.165) is 46.2 Å². The predicted molar refractivity (Wildman–Crippen MR) is 137 cm³/mol. The highest BCUT2D eigenvalue weighted by molar-refractivity contribution is 7.22. The Morgan fingerprint density at radius 3 is 2.23 bits per heavy atom. The van der Waals surface area contributed by atoms with Gasteiger partial charge in [0.2, 0.25) is 0 Å². The zero-order chi connectivity index (χ0) is 21.8. The molecular weight excluding hydrogens is 428 g/mol. The number of carbonyl (C=O) groups is 1. The summed E-state index contributed by atoms with van der Waals surface area (Å²) >= 11 is 1.59. The minimum absolute atomic E-state index is 0. The van der Waals surface area contributed by atoms with Gasteiger partial charge >= 0.3 is 0 Å². The van der Waals surface area contributed by atoms with Crippen molar-refractivity contribution in [2.24, 2.45) is 0 Å². The summed E-state index contributed by atoms with van der Waals surface area (Å²) in [6.45, 7) is 11.7. The summed E-state index contributed by atoms with van der Waals surface area (Å²) < 4.78 is 1.13. The average Bonchev–Trinajstić information content (AvgIpc) is 3.13. The van der Waals surface area contributed by atoms with Crippen LogP contribution >= 0.6 is 23.7 Å². The van der Waals surface area contributed by atoms with Crippen molar-refractivity contribution in [1.82, 2.24) is 9.88 Å². The molecule has 0 saturated heterocycles. The quantitative estimate of drug-likeness (QED) is 0.451. The molecule has 0 N–H and O–H groups in total. The maximum absolute atomic E-state index is 13.5. The van der Waals surface area contributed by atoms with Crippen LogP contribution in [0, 0.1) is 13.8 Å². The fourth-order valence-electron chi connectivity index (χ4n) is 3.62. The van der Waals surface area contributed by atoms with Crippen molar-refractivity contribution in [3.05, 3.63) is 53.1 Å². The van der Waals surface area contributed by atoms with E-state index in [1.54, 1.807) is 11.3 Å². The number of halogens is 1. The number of carbonyl (C=O) groups excluding carboxylic acids is 1. The van der Waals surface area contributed by atoms with E-state index < -0.39 is 0 Å². The fourth-order valence-corrected chi connectivity index (χ4v) is 4.78. The van der Waals surface area contributed by atoms with E-state index in [2.05, 4.69) is 49.6 Å². The second-order valence-electron chi connectivity index (χ2n) is 7.90. The van der Waals surface area contributed by atoms with Gasteiger partial charge in [0, 0.05) is 37.4 Å². The van der Waals surface area contributed by atoms with E-state index in [0.29, 0.717) is 12.1 Å². The standard InChI is InChI=1S/C24H32N4OS.ClH/c1-7-27(8-2)20-11-9-19(10-12-20)23(29)28(14-13-26(5)6)24-25-22-18(4)15-17(3)16-21(22)30-24;/h9-12,15-16H,7-8,13-14H2,1-6H3;1H. The Morgan fingerprint density at radius 2 is 1.65 bits per heavy atom. The summed E-state index contributed by atoms with van der Waals surface area (Å²) in [4.78, 5) is 24.5. The molecule has 1 heterocycles. The Hall–Kier alpha value is -2.15. The number of amides is 1. The third-order valence-corrected chi connectivity index (χ3v) is 6.33. The maximum Gasteiger partial charge on any atom is 0.260 e. The monoisotopic (exact) mass is 460 g/mol. The highest BCUT2D eigenvalue weighted by atomic mass is 35.5. The number of thiazole rings is 1. The van der Waals surface area contributed by atoms with Crippen molar-refractivity contribution < 1.29 is 4.79 Å². The van der Waals surface area contributed by atoms with Crippen molar-refractivity contribution in [2.45, 2.75) is 27.7 Å². The summed E-state index contributed by atoms with van der Waals surface area (Å²) in [5.74, 6) is -0.00335. The van der Waals surface area contributed by atoms with Crippen LogP contribution in [0.15, 0.2) is 36.4 Å². The van der Waals surface area contributed by atoms with E-state index >= 15 is 0 Å². The molecule has 0 radical (unpaired) electrons. The molecule has 0 aliphatic heterocycles. The first-order valence-electron chi connectivity index (χ1n) is 10.5. The van der Waals surface area contributed by atoms with Crippen LogP contribution in [0.25, 0.3) is 10.2 Å². The molecule has 0 bridgehead atoms. The van der Waals surface area contributed by atoms with Gasteiger partial charge in [0.1, 0.15) is 0 Å². The first-order valence-corrected chi connectivity index (χ1v) is 11.3. The molecular formula is C24H33ClN4OS. The molecule has 0 aliphatic rings. The number of rotatable bonds is 8. The molecule has 31 heavy (non-hydrogen) atoms. The third-order valence-electron chi connectivity index (χ3n) is 5.31. The minimum atomic E-state index is -0.00335. The summed E-state index contributed by atoms with van der Waals surface area (Å²) in [6, 6.07) is 12.2. The van der Waals surface area contributed by atoms with Crippen LogP contribution < -0.4 is 9.80 Å². The summed E-state index contributed by atoms with van der Waals surface area (Å²) in [5, 5.41) is 0.762. The van der Waals surface area contributed by atoms with E-state index in [1.165, 1.54) is 5.56 Å². The van der Waals surface area contributed by atoms with Gasteiger partial charge in [-0.25, -0.2) is 4.98 Å². The summed E-state index contributed by atoms with van der Waals surface area (Å²) in [5.41, 5.74) is 5.18. The van der Waals surface area contributed by atoms with Gasteiger partial charge in [0.15, 0.2) is 5.13 Å². The van der Waals surface area contributed by atoms with Gasteiger partial charge in [-0.1, -0.05) is 17.4 Å². The largest absolute Gasteiger partial charge is 0.372 e. The van der Waals surface area contributed by atoms with Crippen molar-refractivity contribution in [3.8, 4) is 0 Å². The van der Waals surface area contributed by atoms with Crippen molar-refractivity contribution in [1.29, 1.82) is 0 Å². The molecule has 1 aromatic heterocycles. The first-order chi connectivity index (χ1) is 14.3.